The first kappa shape index (κ1) is 19.3. The van der Waals surface area contributed by atoms with E-state index in [-0.39, 0.29) is 17.9 Å². The summed E-state index contributed by atoms with van der Waals surface area (Å²) in [5.74, 6) is 0.298. The molecule has 3 rings (SSSR count). The maximum Gasteiger partial charge on any atom is 0.223 e. The second-order valence-electron chi connectivity index (χ2n) is 7.75. The molecule has 5 heteroatoms. The summed E-state index contributed by atoms with van der Waals surface area (Å²) in [5.41, 5.74) is 7.25. The van der Waals surface area contributed by atoms with E-state index >= 15 is 0 Å². The largest absolute Gasteiger partial charge is 0.378 e. The summed E-state index contributed by atoms with van der Waals surface area (Å²) in [4.78, 5) is 14.5. The number of hydrogen-bond donors (Lipinski definition) is 2. The number of nitrogens with one attached hydrogen (secondary N) is 1. The molecule has 1 aliphatic heterocycles. The van der Waals surface area contributed by atoms with Gasteiger partial charge in [0.2, 0.25) is 5.91 Å². The van der Waals surface area contributed by atoms with Crippen molar-refractivity contribution in [1.82, 2.24) is 10.2 Å². The van der Waals surface area contributed by atoms with Gasteiger partial charge in [-0.1, -0.05) is 30.3 Å². The van der Waals surface area contributed by atoms with Crippen LogP contribution in [0.2, 0.25) is 0 Å². The molecule has 0 spiro atoms. The zero-order valence-electron chi connectivity index (χ0n) is 15.7. The summed E-state index contributed by atoms with van der Waals surface area (Å²) >= 11 is 0. The van der Waals surface area contributed by atoms with Crippen LogP contribution in [0, 0.1) is 5.92 Å². The summed E-state index contributed by atoms with van der Waals surface area (Å²) in [5, 5.41) is 3.03. The van der Waals surface area contributed by atoms with Crippen LogP contribution >= 0.6 is 0 Å². The summed E-state index contributed by atoms with van der Waals surface area (Å²) in [6.45, 7) is 4.66. The lowest BCUT2D eigenvalue weighted by Gasteiger charge is -2.32. The second-order valence-corrected chi connectivity index (χ2v) is 7.75. The maximum atomic E-state index is 12.0. The number of piperidine rings is 1. The third-order valence-corrected chi connectivity index (χ3v) is 5.60. The first-order valence-corrected chi connectivity index (χ1v) is 10.1. The first-order valence-electron chi connectivity index (χ1n) is 10.1. The minimum Gasteiger partial charge on any atom is -0.378 e. The zero-order valence-corrected chi connectivity index (χ0v) is 15.7. The van der Waals surface area contributed by atoms with Gasteiger partial charge in [-0.3, -0.25) is 9.69 Å². The molecule has 0 bridgehead atoms. The molecule has 1 amide bonds. The van der Waals surface area contributed by atoms with Crippen LogP contribution in [0.15, 0.2) is 30.3 Å². The Morgan fingerprint density at radius 1 is 1.15 bits per heavy atom. The predicted molar refractivity (Wildman–Crippen MR) is 104 cm³/mol. The third-order valence-electron chi connectivity index (χ3n) is 5.60. The standard InChI is InChI=1S/C21H33N3O2/c22-19-8-7-18(15-19)21(25)23-11-4-14-26-20-9-12-24(13-10-20)16-17-5-2-1-3-6-17/h1-3,5-6,18-20H,4,7-16,22H2,(H,23,25). The van der Waals surface area contributed by atoms with Gasteiger partial charge >= 0.3 is 0 Å². The number of carbonyl (C=O) groups excluding carboxylic acids is 1. The van der Waals surface area contributed by atoms with Gasteiger partial charge in [-0.25, -0.2) is 0 Å². The van der Waals surface area contributed by atoms with Crippen LogP contribution in [-0.2, 0) is 16.1 Å². The Hall–Kier alpha value is -1.43. The Morgan fingerprint density at radius 2 is 1.92 bits per heavy atom. The molecule has 1 aromatic carbocycles. The fourth-order valence-electron chi connectivity index (χ4n) is 4.01. The summed E-state index contributed by atoms with van der Waals surface area (Å²) in [6, 6.07) is 10.9. The molecule has 0 radical (unpaired) electrons. The van der Waals surface area contributed by atoms with Crippen LogP contribution in [0.5, 0.6) is 0 Å². The van der Waals surface area contributed by atoms with Gasteiger partial charge in [0.15, 0.2) is 0 Å². The second kappa shape index (κ2) is 10.0. The minimum atomic E-state index is 0.125. The highest BCUT2D eigenvalue weighted by atomic mass is 16.5. The molecule has 144 valence electrons. The number of amides is 1. The number of benzene rings is 1. The van der Waals surface area contributed by atoms with Crippen molar-refractivity contribution in [2.24, 2.45) is 11.7 Å². The van der Waals surface area contributed by atoms with Crippen LogP contribution in [0.4, 0.5) is 0 Å². The highest BCUT2D eigenvalue weighted by Crippen LogP contribution is 2.24. The van der Waals surface area contributed by atoms with E-state index < -0.39 is 0 Å². The van der Waals surface area contributed by atoms with Crippen molar-refractivity contribution in [1.29, 1.82) is 0 Å². The van der Waals surface area contributed by atoms with Crippen LogP contribution in [-0.4, -0.2) is 49.2 Å². The number of nitrogens with zero attached hydrogens (tertiary/aromatic N) is 1. The lowest BCUT2D eigenvalue weighted by atomic mass is 10.1. The topological polar surface area (TPSA) is 67.6 Å². The van der Waals surface area contributed by atoms with E-state index in [1.54, 1.807) is 0 Å². The van der Waals surface area contributed by atoms with E-state index in [1.165, 1.54) is 5.56 Å². The van der Waals surface area contributed by atoms with E-state index in [1.807, 2.05) is 0 Å². The van der Waals surface area contributed by atoms with E-state index in [0.717, 1.165) is 64.8 Å². The van der Waals surface area contributed by atoms with Crippen molar-refractivity contribution >= 4 is 5.91 Å². The number of ether oxygens (including phenoxy) is 1. The molecule has 2 atom stereocenters. The predicted octanol–water partition coefficient (Wildman–Crippen LogP) is 2.30. The SMILES string of the molecule is NC1CCC(C(=O)NCCCOC2CCN(Cc3ccccc3)CC2)C1. The molecule has 2 aliphatic rings. The average Bonchev–Trinajstić information content (AvgIpc) is 3.10. The highest BCUT2D eigenvalue weighted by Gasteiger charge is 2.27. The van der Waals surface area contributed by atoms with Crippen molar-refractivity contribution < 1.29 is 9.53 Å². The summed E-state index contributed by atoms with van der Waals surface area (Å²) in [6.07, 6.45) is 6.19. The van der Waals surface area contributed by atoms with Gasteiger partial charge in [-0.2, -0.15) is 0 Å². The van der Waals surface area contributed by atoms with E-state index in [9.17, 15) is 4.79 Å². The van der Waals surface area contributed by atoms with Crippen LogP contribution < -0.4 is 11.1 Å². The molecule has 26 heavy (non-hydrogen) atoms. The third kappa shape index (κ3) is 6.08. The van der Waals surface area contributed by atoms with Crippen molar-refractivity contribution in [2.45, 2.75) is 57.2 Å². The van der Waals surface area contributed by atoms with Gasteiger partial charge in [0.1, 0.15) is 0 Å². The Morgan fingerprint density at radius 3 is 2.62 bits per heavy atom. The average molecular weight is 360 g/mol. The number of hydrogen-bond acceptors (Lipinski definition) is 4. The molecule has 1 heterocycles. The van der Waals surface area contributed by atoms with Crippen molar-refractivity contribution in [3.63, 3.8) is 0 Å². The van der Waals surface area contributed by atoms with Gasteiger partial charge in [-0.05, 0) is 44.1 Å². The quantitative estimate of drug-likeness (QED) is 0.699. The molecule has 3 N–H and O–H groups in total. The smallest absolute Gasteiger partial charge is 0.223 e. The zero-order chi connectivity index (χ0) is 18.2. The Kier molecular flexibility index (Phi) is 7.47. The lowest BCUT2D eigenvalue weighted by molar-refractivity contribution is -0.124. The Balaban J connectivity index is 1.22. The maximum absolute atomic E-state index is 12.0. The van der Waals surface area contributed by atoms with E-state index in [2.05, 4.69) is 40.5 Å². The van der Waals surface area contributed by atoms with Gasteiger partial charge < -0.3 is 15.8 Å². The van der Waals surface area contributed by atoms with Crippen LogP contribution in [0.1, 0.15) is 44.1 Å². The number of likely N-dealkylation sites (tertiary alicyclic amines) is 1. The van der Waals surface area contributed by atoms with E-state index in [0.29, 0.717) is 12.6 Å². The monoisotopic (exact) mass is 359 g/mol. The Labute approximate surface area is 157 Å². The van der Waals surface area contributed by atoms with Gasteiger partial charge in [0.05, 0.1) is 6.10 Å². The normalized spacial score (nSPS) is 24.7. The summed E-state index contributed by atoms with van der Waals surface area (Å²) < 4.78 is 6.01. The molecular formula is C21H33N3O2. The van der Waals surface area contributed by atoms with Crippen LogP contribution in [0.25, 0.3) is 0 Å². The summed E-state index contributed by atoms with van der Waals surface area (Å²) in [7, 11) is 0. The molecule has 1 aliphatic carbocycles. The van der Waals surface area contributed by atoms with Crippen molar-refractivity contribution in [2.75, 3.05) is 26.2 Å². The number of nitrogens with two attached hydrogens (primary N) is 1. The molecular weight excluding hydrogens is 326 g/mol. The van der Waals surface area contributed by atoms with Gasteiger partial charge in [0.25, 0.3) is 0 Å². The molecule has 2 fully saturated rings. The molecule has 1 aromatic rings. The van der Waals surface area contributed by atoms with Gasteiger partial charge in [-0.15, -0.1) is 0 Å². The van der Waals surface area contributed by atoms with E-state index in [4.69, 9.17) is 10.5 Å². The Bertz CT molecular complexity index is 543. The molecule has 5 nitrogen and oxygen atoms in total. The first-order chi connectivity index (χ1) is 12.7. The number of rotatable bonds is 8. The van der Waals surface area contributed by atoms with Crippen molar-refractivity contribution in [3.05, 3.63) is 35.9 Å². The van der Waals surface area contributed by atoms with Crippen molar-refractivity contribution in [3.8, 4) is 0 Å². The minimum absolute atomic E-state index is 0.125. The number of carbonyl (C=O) groups is 1. The molecule has 1 saturated heterocycles. The molecule has 0 aromatic heterocycles. The lowest BCUT2D eigenvalue weighted by Crippen LogP contribution is -2.37. The fraction of sp³-hybridized carbons (Fsp3) is 0.667. The highest BCUT2D eigenvalue weighted by molar-refractivity contribution is 5.78. The molecule has 2 unspecified atom stereocenters. The molecule has 1 saturated carbocycles. The fourth-order valence-corrected chi connectivity index (χ4v) is 4.01. The van der Waals surface area contributed by atoms with Gasteiger partial charge in [0, 0.05) is 44.7 Å². The van der Waals surface area contributed by atoms with Crippen LogP contribution in [0.3, 0.4) is 0 Å².